The van der Waals surface area contributed by atoms with Crippen molar-refractivity contribution in [3.8, 4) is 16.3 Å². The minimum atomic E-state index is -4.58. The number of likely N-dealkylation sites (N-methyl/N-ethyl adjacent to an activating group) is 1. The first kappa shape index (κ1) is 26.0. The average Bonchev–Trinajstić information content (AvgIpc) is 3.28. The highest BCUT2D eigenvalue weighted by molar-refractivity contribution is 7.14. The molecule has 4 rings (SSSR count). The summed E-state index contributed by atoms with van der Waals surface area (Å²) in [5, 5.41) is 10.4. The van der Waals surface area contributed by atoms with Gasteiger partial charge in [-0.05, 0) is 51.2 Å². The average molecular weight is 522 g/mol. The predicted octanol–water partition coefficient (Wildman–Crippen LogP) is 4.13. The van der Waals surface area contributed by atoms with Crippen LogP contribution in [0.4, 0.5) is 13.2 Å². The predicted molar refractivity (Wildman–Crippen MR) is 128 cm³/mol. The largest absolute Gasteiger partial charge is 0.491 e. The maximum absolute atomic E-state index is 13.1. The third-order valence-electron chi connectivity index (χ3n) is 5.58. The van der Waals surface area contributed by atoms with E-state index in [0.717, 1.165) is 34.6 Å². The Bertz CT molecular complexity index is 1200. The van der Waals surface area contributed by atoms with Crippen molar-refractivity contribution in [2.24, 2.45) is 0 Å². The summed E-state index contributed by atoms with van der Waals surface area (Å²) in [7, 11) is 2.02. The zero-order chi connectivity index (χ0) is 25.9. The summed E-state index contributed by atoms with van der Waals surface area (Å²) >= 11 is 1.49. The van der Waals surface area contributed by atoms with Gasteiger partial charge in [-0.1, -0.05) is 0 Å². The van der Waals surface area contributed by atoms with E-state index in [4.69, 9.17) is 9.47 Å². The zero-order valence-electron chi connectivity index (χ0n) is 20.0. The molecule has 1 N–H and O–H groups in total. The summed E-state index contributed by atoms with van der Waals surface area (Å²) in [6, 6.07) is 6.52. The quantitative estimate of drug-likeness (QED) is 0.500. The van der Waals surface area contributed by atoms with E-state index >= 15 is 0 Å². The number of aromatic nitrogens is 3. The van der Waals surface area contributed by atoms with Gasteiger partial charge in [-0.25, -0.2) is 4.98 Å². The van der Waals surface area contributed by atoms with E-state index in [-0.39, 0.29) is 11.8 Å². The van der Waals surface area contributed by atoms with Crippen LogP contribution in [0.1, 0.15) is 39.6 Å². The Hall–Kier alpha value is -3.09. The maximum atomic E-state index is 13.1. The first-order valence-electron chi connectivity index (χ1n) is 11.3. The van der Waals surface area contributed by atoms with Crippen LogP contribution in [0.5, 0.6) is 5.75 Å². The van der Waals surface area contributed by atoms with Gasteiger partial charge in [0.1, 0.15) is 23.5 Å². The maximum Gasteiger partial charge on any atom is 0.435 e. The lowest BCUT2D eigenvalue weighted by atomic mass is 10.1. The van der Waals surface area contributed by atoms with Gasteiger partial charge < -0.3 is 19.7 Å². The minimum Gasteiger partial charge on any atom is -0.491 e. The van der Waals surface area contributed by atoms with Crippen LogP contribution in [-0.2, 0) is 10.9 Å². The molecule has 0 saturated carbocycles. The van der Waals surface area contributed by atoms with E-state index in [1.54, 1.807) is 25.3 Å². The Kier molecular flexibility index (Phi) is 7.86. The summed E-state index contributed by atoms with van der Waals surface area (Å²) in [5.74, 6) is 0.0575. The number of thiazole rings is 1. The molecule has 0 unspecified atom stereocenters. The van der Waals surface area contributed by atoms with Crippen molar-refractivity contribution in [2.45, 2.75) is 32.2 Å². The molecule has 0 aliphatic carbocycles. The highest BCUT2D eigenvalue weighted by Crippen LogP contribution is 2.30. The number of nitrogens with one attached hydrogen (secondary N) is 1. The Morgan fingerprint density at radius 1 is 1.31 bits per heavy atom. The minimum absolute atomic E-state index is 0.0925. The summed E-state index contributed by atoms with van der Waals surface area (Å²) in [6.45, 7) is 6.12. The van der Waals surface area contributed by atoms with Crippen molar-refractivity contribution in [1.29, 1.82) is 0 Å². The topological polar surface area (TPSA) is 89.5 Å². The number of ether oxygens (including phenoxy) is 2. The van der Waals surface area contributed by atoms with Crippen LogP contribution in [0.15, 0.2) is 36.5 Å². The summed E-state index contributed by atoms with van der Waals surface area (Å²) in [5.41, 5.74) is 0.160. The van der Waals surface area contributed by atoms with Crippen LogP contribution < -0.4 is 10.1 Å². The SMILES string of the molecule is Cc1cnc(-c2cc(OC[C@@H]3CN(C)CCO3)cc(C(=O)N[C@H](C)c3ccc(C(F)(F)F)nn3)c2)s1. The number of morpholine rings is 1. The number of hydrogen-bond donors (Lipinski definition) is 1. The van der Waals surface area contributed by atoms with Gasteiger partial charge >= 0.3 is 6.18 Å². The van der Waals surface area contributed by atoms with E-state index in [1.807, 2.05) is 20.0 Å². The van der Waals surface area contributed by atoms with Gasteiger partial charge in [-0.2, -0.15) is 18.3 Å². The van der Waals surface area contributed by atoms with Gasteiger partial charge in [-0.15, -0.1) is 16.4 Å². The summed E-state index contributed by atoms with van der Waals surface area (Å²) in [6.07, 6.45) is -2.92. The molecule has 0 spiro atoms. The molecule has 1 aliphatic heterocycles. The van der Waals surface area contributed by atoms with Crippen LogP contribution in [0.25, 0.3) is 10.6 Å². The Morgan fingerprint density at radius 2 is 2.11 bits per heavy atom. The fourth-order valence-electron chi connectivity index (χ4n) is 3.66. The molecule has 1 amide bonds. The Balaban J connectivity index is 1.52. The highest BCUT2D eigenvalue weighted by Gasteiger charge is 2.33. The molecule has 36 heavy (non-hydrogen) atoms. The van der Waals surface area contributed by atoms with E-state index in [2.05, 4.69) is 25.4 Å². The van der Waals surface area contributed by atoms with Gasteiger partial charge in [0.05, 0.1) is 18.3 Å². The molecule has 192 valence electrons. The molecule has 1 fully saturated rings. The third-order valence-corrected chi connectivity index (χ3v) is 6.54. The van der Waals surface area contributed by atoms with Crippen molar-refractivity contribution in [2.75, 3.05) is 33.4 Å². The van der Waals surface area contributed by atoms with Crippen LogP contribution >= 0.6 is 11.3 Å². The molecule has 3 aromatic rings. The lowest BCUT2D eigenvalue weighted by Gasteiger charge is -2.29. The molecule has 12 heteroatoms. The number of alkyl halides is 3. The van der Waals surface area contributed by atoms with Crippen LogP contribution in [0.2, 0.25) is 0 Å². The number of aryl methyl sites for hydroxylation is 1. The van der Waals surface area contributed by atoms with E-state index in [0.29, 0.717) is 24.5 Å². The normalized spacial score (nSPS) is 17.6. The number of amides is 1. The Labute approximate surface area is 210 Å². The number of carbonyl (C=O) groups excluding carboxylic acids is 1. The van der Waals surface area contributed by atoms with Crippen LogP contribution in [0, 0.1) is 6.92 Å². The van der Waals surface area contributed by atoms with Gasteiger partial charge in [0.2, 0.25) is 0 Å². The number of nitrogens with zero attached hydrogens (tertiary/aromatic N) is 4. The molecule has 2 aromatic heterocycles. The first-order chi connectivity index (χ1) is 17.1. The molecule has 0 bridgehead atoms. The molecular formula is C24H26F3N5O3S. The van der Waals surface area contributed by atoms with E-state index < -0.39 is 23.8 Å². The fourth-order valence-corrected chi connectivity index (χ4v) is 4.41. The molecule has 8 nitrogen and oxygen atoms in total. The molecule has 2 atom stereocenters. The lowest BCUT2D eigenvalue weighted by molar-refractivity contribution is -0.141. The second-order valence-electron chi connectivity index (χ2n) is 8.62. The number of carbonyl (C=O) groups is 1. The van der Waals surface area contributed by atoms with Crippen molar-refractivity contribution in [3.63, 3.8) is 0 Å². The second-order valence-corrected chi connectivity index (χ2v) is 9.86. The van der Waals surface area contributed by atoms with Crippen molar-refractivity contribution >= 4 is 17.2 Å². The summed E-state index contributed by atoms with van der Waals surface area (Å²) < 4.78 is 50.1. The molecule has 0 radical (unpaired) electrons. The monoisotopic (exact) mass is 521 g/mol. The number of hydrogen-bond acceptors (Lipinski definition) is 8. The smallest absolute Gasteiger partial charge is 0.435 e. The van der Waals surface area contributed by atoms with Crippen LogP contribution in [0.3, 0.4) is 0 Å². The van der Waals surface area contributed by atoms with E-state index in [9.17, 15) is 18.0 Å². The molecule has 1 aromatic carbocycles. The second kappa shape index (κ2) is 10.9. The Morgan fingerprint density at radius 3 is 2.75 bits per heavy atom. The highest BCUT2D eigenvalue weighted by atomic mass is 32.1. The molecular weight excluding hydrogens is 495 g/mol. The zero-order valence-corrected chi connectivity index (χ0v) is 20.8. The number of benzene rings is 1. The van der Waals surface area contributed by atoms with Crippen LogP contribution in [-0.4, -0.2) is 65.4 Å². The number of rotatable bonds is 7. The van der Waals surface area contributed by atoms with Crippen molar-refractivity contribution < 1.29 is 27.4 Å². The fraction of sp³-hybridized carbons (Fsp3) is 0.417. The standard InChI is InChI=1S/C24H26F3N5O3S/c1-14-11-28-23(36-14)17-8-16(9-18(10-17)35-13-19-12-32(3)6-7-34-19)22(33)29-15(2)20-4-5-21(31-30-20)24(25,26)27/h4-5,8-11,15,19H,6-7,12-13H2,1-3H3,(H,29,33)/t15-,19+/m1/s1. The number of halogens is 3. The van der Waals surface area contributed by atoms with E-state index in [1.165, 1.54) is 17.4 Å². The third kappa shape index (κ3) is 6.56. The van der Waals surface area contributed by atoms with Crippen molar-refractivity contribution in [3.05, 3.63) is 58.4 Å². The van der Waals surface area contributed by atoms with Gasteiger partial charge in [-0.3, -0.25) is 4.79 Å². The van der Waals surface area contributed by atoms with Gasteiger partial charge in [0.25, 0.3) is 5.91 Å². The molecule has 1 aliphatic rings. The van der Waals surface area contributed by atoms with Crippen molar-refractivity contribution in [1.82, 2.24) is 25.4 Å². The first-order valence-corrected chi connectivity index (χ1v) is 12.1. The molecule has 3 heterocycles. The van der Waals surface area contributed by atoms with Gasteiger partial charge in [0, 0.05) is 35.3 Å². The summed E-state index contributed by atoms with van der Waals surface area (Å²) in [4.78, 5) is 20.7. The lowest BCUT2D eigenvalue weighted by Crippen LogP contribution is -2.42. The van der Waals surface area contributed by atoms with Gasteiger partial charge in [0.15, 0.2) is 5.69 Å². The molecule has 1 saturated heterocycles.